The lowest BCUT2D eigenvalue weighted by Gasteiger charge is -2.22. The number of rotatable bonds is 6. The van der Waals surface area contributed by atoms with Crippen molar-refractivity contribution >= 4 is 23.4 Å². The molecule has 96 valence electrons. The smallest absolute Gasteiger partial charge is 0.191 e. The van der Waals surface area contributed by atoms with Crippen molar-refractivity contribution in [2.24, 2.45) is 5.92 Å². The molecule has 0 aliphatic heterocycles. The molecule has 6 heteroatoms. The molecule has 0 bridgehead atoms. The average molecular weight is 256 g/mol. The quantitative estimate of drug-likeness (QED) is 0.598. The number of methoxy groups -OCH3 is 1. The Bertz CT molecular complexity index is 359. The number of nitrogens with two attached hydrogens (primary N) is 1. The maximum absolute atomic E-state index is 5.73. The van der Waals surface area contributed by atoms with Gasteiger partial charge >= 0.3 is 0 Å². The maximum Gasteiger partial charge on any atom is 0.191 e. The highest BCUT2D eigenvalue weighted by Gasteiger charge is 2.14. The minimum atomic E-state index is 0.212. The highest BCUT2D eigenvalue weighted by Crippen LogP contribution is 2.17. The van der Waals surface area contributed by atoms with Gasteiger partial charge < -0.3 is 15.8 Å². The third kappa shape index (κ3) is 4.40. The fraction of sp³-hybridized carbons (Fsp3) is 0.636. The lowest BCUT2D eigenvalue weighted by molar-refractivity contribution is 0.171. The summed E-state index contributed by atoms with van der Waals surface area (Å²) in [6.45, 7) is 4.91. The van der Waals surface area contributed by atoms with Crippen molar-refractivity contribution < 1.29 is 4.74 Å². The van der Waals surface area contributed by atoms with Crippen molar-refractivity contribution in [1.29, 1.82) is 0 Å². The predicted octanol–water partition coefficient (Wildman–Crippen LogP) is 1.86. The summed E-state index contributed by atoms with van der Waals surface area (Å²) in [5, 5.41) is 4.00. The summed E-state index contributed by atoms with van der Waals surface area (Å²) in [5.41, 5.74) is 5.73. The van der Waals surface area contributed by atoms with Crippen LogP contribution in [0.3, 0.4) is 0 Å². The Labute approximate surface area is 107 Å². The summed E-state index contributed by atoms with van der Waals surface area (Å²) in [7, 11) is 1.69. The van der Waals surface area contributed by atoms with Crippen molar-refractivity contribution in [3.63, 3.8) is 0 Å². The Balaban J connectivity index is 2.81. The monoisotopic (exact) mass is 256 g/mol. The Kier molecular flexibility index (Phi) is 5.50. The Morgan fingerprint density at radius 2 is 2.18 bits per heavy atom. The molecule has 1 atom stereocenters. The van der Waals surface area contributed by atoms with Crippen molar-refractivity contribution in [3.05, 3.63) is 6.07 Å². The largest absolute Gasteiger partial charge is 0.383 e. The number of hydrogen-bond acceptors (Lipinski definition) is 6. The van der Waals surface area contributed by atoms with E-state index in [1.54, 1.807) is 13.2 Å². The number of hydrogen-bond donors (Lipinski definition) is 2. The van der Waals surface area contributed by atoms with Gasteiger partial charge in [0.1, 0.15) is 11.6 Å². The molecular formula is C11H20N4OS. The zero-order valence-electron chi connectivity index (χ0n) is 10.7. The van der Waals surface area contributed by atoms with Crippen LogP contribution in [0.5, 0.6) is 0 Å². The van der Waals surface area contributed by atoms with Crippen LogP contribution in [0.15, 0.2) is 11.2 Å². The van der Waals surface area contributed by atoms with E-state index in [1.807, 2.05) is 6.26 Å². The molecular weight excluding hydrogens is 236 g/mol. The summed E-state index contributed by atoms with van der Waals surface area (Å²) in [6, 6.07) is 1.95. The van der Waals surface area contributed by atoms with E-state index in [4.69, 9.17) is 10.5 Å². The molecule has 17 heavy (non-hydrogen) atoms. The molecule has 1 aromatic heterocycles. The van der Waals surface area contributed by atoms with Gasteiger partial charge in [-0.2, -0.15) is 0 Å². The number of ether oxygens (including phenoxy) is 1. The fourth-order valence-corrected chi connectivity index (χ4v) is 1.76. The Morgan fingerprint density at radius 3 is 2.71 bits per heavy atom. The molecule has 0 radical (unpaired) electrons. The standard InChI is InChI=1S/C11H20N4OS/c1-7(2)8(6-16-3)13-10-5-9(12)14-11(15-10)17-4/h5,7-8H,6H2,1-4H3,(H3,12,13,14,15). The number of nitrogens with one attached hydrogen (secondary N) is 1. The Hall–Kier alpha value is -1.01. The lowest BCUT2D eigenvalue weighted by atomic mass is 10.1. The van der Waals surface area contributed by atoms with Gasteiger partial charge in [0.15, 0.2) is 5.16 Å². The van der Waals surface area contributed by atoms with Crippen molar-refractivity contribution in [2.45, 2.75) is 25.0 Å². The second-order valence-corrected chi connectivity index (χ2v) is 4.89. The van der Waals surface area contributed by atoms with Crippen LogP contribution in [-0.4, -0.2) is 36.0 Å². The molecule has 5 nitrogen and oxygen atoms in total. The lowest BCUT2D eigenvalue weighted by Crippen LogP contribution is -2.31. The van der Waals surface area contributed by atoms with Crippen molar-refractivity contribution in [1.82, 2.24) is 9.97 Å². The van der Waals surface area contributed by atoms with E-state index < -0.39 is 0 Å². The van der Waals surface area contributed by atoms with Crippen LogP contribution in [0, 0.1) is 5.92 Å². The SMILES string of the molecule is COCC(Nc1cc(N)nc(SC)n1)C(C)C. The van der Waals surface area contributed by atoms with Crippen LogP contribution >= 0.6 is 11.8 Å². The third-order valence-electron chi connectivity index (χ3n) is 2.39. The molecule has 1 aromatic rings. The third-order valence-corrected chi connectivity index (χ3v) is 2.94. The summed E-state index contributed by atoms with van der Waals surface area (Å²) in [6.07, 6.45) is 1.92. The molecule has 0 aliphatic rings. The first-order chi connectivity index (χ1) is 8.06. The normalized spacial score (nSPS) is 12.8. The fourth-order valence-electron chi connectivity index (χ4n) is 1.38. The van der Waals surface area contributed by atoms with Gasteiger partial charge in [0.25, 0.3) is 0 Å². The maximum atomic E-state index is 5.73. The van der Waals surface area contributed by atoms with E-state index in [-0.39, 0.29) is 6.04 Å². The zero-order chi connectivity index (χ0) is 12.8. The second kappa shape index (κ2) is 6.66. The Morgan fingerprint density at radius 1 is 1.47 bits per heavy atom. The van der Waals surface area contributed by atoms with E-state index >= 15 is 0 Å². The topological polar surface area (TPSA) is 73.1 Å². The van der Waals surface area contributed by atoms with E-state index in [0.717, 1.165) is 5.82 Å². The van der Waals surface area contributed by atoms with Crippen LogP contribution in [0.1, 0.15) is 13.8 Å². The van der Waals surface area contributed by atoms with Gasteiger partial charge in [-0.1, -0.05) is 25.6 Å². The molecule has 1 unspecified atom stereocenters. The van der Waals surface area contributed by atoms with Gasteiger partial charge in [0, 0.05) is 13.2 Å². The summed E-state index contributed by atoms with van der Waals surface area (Å²) < 4.78 is 5.18. The first-order valence-electron chi connectivity index (χ1n) is 5.50. The molecule has 3 N–H and O–H groups in total. The van der Waals surface area contributed by atoms with Crippen LogP contribution in [0.2, 0.25) is 0 Å². The highest BCUT2D eigenvalue weighted by atomic mass is 32.2. The predicted molar refractivity (Wildman–Crippen MR) is 72.4 cm³/mol. The molecule has 0 saturated carbocycles. The molecule has 0 amide bonds. The van der Waals surface area contributed by atoms with E-state index in [1.165, 1.54) is 11.8 Å². The molecule has 0 aliphatic carbocycles. The summed E-state index contributed by atoms with van der Waals surface area (Å²) in [4.78, 5) is 8.47. The van der Waals surface area contributed by atoms with Gasteiger partial charge in [-0.25, -0.2) is 9.97 Å². The van der Waals surface area contributed by atoms with Gasteiger partial charge in [-0.05, 0) is 12.2 Å². The number of nitrogen functional groups attached to an aromatic ring is 1. The number of thioether (sulfide) groups is 1. The van der Waals surface area contributed by atoms with E-state index in [0.29, 0.717) is 23.5 Å². The first kappa shape index (κ1) is 14.1. The van der Waals surface area contributed by atoms with Gasteiger partial charge in [0.2, 0.25) is 0 Å². The van der Waals surface area contributed by atoms with Crippen LogP contribution in [0.4, 0.5) is 11.6 Å². The average Bonchev–Trinajstić information content (AvgIpc) is 2.27. The summed E-state index contributed by atoms with van der Waals surface area (Å²) in [5.74, 6) is 1.67. The van der Waals surface area contributed by atoms with Gasteiger partial charge in [-0.15, -0.1) is 0 Å². The molecule has 1 heterocycles. The first-order valence-corrected chi connectivity index (χ1v) is 6.73. The van der Waals surface area contributed by atoms with Crippen molar-refractivity contribution in [3.8, 4) is 0 Å². The van der Waals surface area contributed by atoms with Crippen LogP contribution in [-0.2, 0) is 4.74 Å². The molecule has 1 rings (SSSR count). The van der Waals surface area contributed by atoms with E-state index in [9.17, 15) is 0 Å². The van der Waals surface area contributed by atoms with Crippen LogP contribution in [0.25, 0.3) is 0 Å². The zero-order valence-corrected chi connectivity index (χ0v) is 11.5. The van der Waals surface area contributed by atoms with E-state index in [2.05, 4.69) is 29.1 Å². The van der Waals surface area contributed by atoms with Crippen molar-refractivity contribution in [2.75, 3.05) is 31.0 Å². The number of anilines is 2. The highest BCUT2D eigenvalue weighted by molar-refractivity contribution is 7.98. The van der Waals surface area contributed by atoms with Crippen LogP contribution < -0.4 is 11.1 Å². The number of nitrogens with zero attached hydrogens (tertiary/aromatic N) is 2. The molecule has 0 saturated heterocycles. The molecule has 0 fully saturated rings. The second-order valence-electron chi connectivity index (χ2n) is 4.11. The van der Waals surface area contributed by atoms with Gasteiger partial charge in [-0.3, -0.25) is 0 Å². The molecule has 0 aromatic carbocycles. The molecule has 0 spiro atoms. The minimum absolute atomic E-state index is 0.212. The minimum Gasteiger partial charge on any atom is -0.383 e. The number of aromatic nitrogens is 2. The van der Waals surface area contributed by atoms with Gasteiger partial charge in [0.05, 0.1) is 12.6 Å². The summed E-state index contributed by atoms with van der Waals surface area (Å²) >= 11 is 1.47.